The van der Waals surface area contributed by atoms with E-state index in [-0.39, 0.29) is 11.6 Å². The van der Waals surface area contributed by atoms with Crippen LogP contribution in [-0.4, -0.2) is 24.8 Å². The zero-order valence-electron chi connectivity index (χ0n) is 12.0. The van der Waals surface area contributed by atoms with Gasteiger partial charge in [-0.25, -0.2) is 0 Å². The summed E-state index contributed by atoms with van der Waals surface area (Å²) in [5.74, 6) is 0.500. The number of halogens is 2. The van der Waals surface area contributed by atoms with Crippen LogP contribution in [0.15, 0.2) is 22.7 Å². The predicted octanol–water partition coefficient (Wildman–Crippen LogP) is 4.05. The molecule has 112 valence electrons. The van der Waals surface area contributed by atoms with Gasteiger partial charge in [0.1, 0.15) is 0 Å². The maximum absolute atomic E-state index is 6.06. The Morgan fingerprint density at radius 2 is 2.30 bits per heavy atom. The van der Waals surface area contributed by atoms with Gasteiger partial charge in [0.15, 0.2) is 0 Å². The molecule has 0 aromatic heterocycles. The van der Waals surface area contributed by atoms with E-state index < -0.39 is 0 Å². The first-order valence-electron chi connectivity index (χ1n) is 7.01. The lowest BCUT2D eigenvalue weighted by Crippen LogP contribution is -2.53. The van der Waals surface area contributed by atoms with Crippen LogP contribution >= 0.6 is 27.5 Å². The van der Waals surface area contributed by atoms with E-state index >= 15 is 0 Å². The van der Waals surface area contributed by atoms with Gasteiger partial charge in [-0.05, 0) is 52.9 Å². The lowest BCUT2D eigenvalue weighted by atomic mass is 9.83. The van der Waals surface area contributed by atoms with Crippen LogP contribution in [0.5, 0.6) is 0 Å². The molecule has 1 aliphatic rings. The average Bonchev–Trinajstić information content (AvgIpc) is 2.43. The molecule has 1 saturated heterocycles. The highest BCUT2D eigenvalue weighted by atomic mass is 79.9. The molecule has 2 atom stereocenters. The predicted molar refractivity (Wildman–Crippen MR) is 88.4 cm³/mol. The van der Waals surface area contributed by atoms with Crippen LogP contribution in [0.3, 0.4) is 0 Å². The second-order valence-electron chi connectivity index (χ2n) is 5.85. The Bertz CT molecular complexity index is 469. The van der Waals surface area contributed by atoms with Gasteiger partial charge in [0.25, 0.3) is 0 Å². The molecule has 1 heterocycles. The van der Waals surface area contributed by atoms with Crippen LogP contribution in [0.2, 0.25) is 5.02 Å². The van der Waals surface area contributed by atoms with E-state index in [9.17, 15) is 0 Å². The fourth-order valence-electron chi connectivity index (χ4n) is 2.61. The minimum absolute atomic E-state index is 0.0968. The minimum atomic E-state index is -0.0968. The summed E-state index contributed by atoms with van der Waals surface area (Å²) in [7, 11) is 0. The third-order valence-electron chi connectivity index (χ3n) is 3.97. The van der Waals surface area contributed by atoms with Crippen LogP contribution in [0.25, 0.3) is 0 Å². The molecular formula is C15H22BrClN2O. The number of benzene rings is 1. The lowest BCUT2D eigenvalue weighted by molar-refractivity contribution is -0.0357. The molecule has 0 radical (unpaired) electrons. The standard InChI is InChI=1S/C15H22BrClN2O/c1-10(2)14-8-15(9-18,5-6-20-14)19-11-3-4-13(17)12(16)7-11/h3-4,7,10,14,19H,5-6,8-9,18H2,1-2H3. The van der Waals surface area contributed by atoms with Crippen molar-refractivity contribution in [1.29, 1.82) is 0 Å². The molecule has 1 fully saturated rings. The summed E-state index contributed by atoms with van der Waals surface area (Å²) in [6.07, 6.45) is 2.12. The number of ether oxygens (including phenoxy) is 1. The normalized spacial score (nSPS) is 26.8. The summed E-state index contributed by atoms with van der Waals surface area (Å²) in [5.41, 5.74) is 7.00. The highest BCUT2D eigenvalue weighted by Crippen LogP contribution is 2.33. The van der Waals surface area contributed by atoms with Crippen molar-refractivity contribution in [1.82, 2.24) is 0 Å². The monoisotopic (exact) mass is 360 g/mol. The Kier molecular flexibility index (Phi) is 5.35. The van der Waals surface area contributed by atoms with Crippen molar-refractivity contribution in [2.45, 2.75) is 38.3 Å². The van der Waals surface area contributed by atoms with Gasteiger partial charge in [0.2, 0.25) is 0 Å². The van der Waals surface area contributed by atoms with Crippen molar-refractivity contribution in [3.8, 4) is 0 Å². The quantitative estimate of drug-likeness (QED) is 0.850. The maximum Gasteiger partial charge on any atom is 0.0620 e. The third kappa shape index (κ3) is 3.67. The zero-order valence-corrected chi connectivity index (χ0v) is 14.3. The van der Waals surface area contributed by atoms with Gasteiger partial charge in [0, 0.05) is 23.3 Å². The molecule has 0 aliphatic carbocycles. The number of hydrogen-bond acceptors (Lipinski definition) is 3. The average molecular weight is 362 g/mol. The lowest BCUT2D eigenvalue weighted by Gasteiger charge is -2.43. The number of anilines is 1. The Morgan fingerprint density at radius 1 is 1.55 bits per heavy atom. The second kappa shape index (κ2) is 6.65. The Balaban J connectivity index is 2.16. The molecule has 0 saturated carbocycles. The zero-order chi connectivity index (χ0) is 14.8. The molecule has 1 aliphatic heterocycles. The fourth-order valence-corrected chi connectivity index (χ4v) is 3.11. The van der Waals surface area contributed by atoms with Crippen LogP contribution in [0, 0.1) is 5.92 Å². The minimum Gasteiger partial charge on any atom is -0.378 e. The van der Waals surface area contributed by atoms with E-state index in [4.69, 9.17) is 22.1 Å². The molecule has 0 bridgehead atoms. The van der Waals surface area contributed by atoms with Crippen molar-refractivity contribution in [2.75, 3.05) is 18.5 Å². The van der Waals surface area contributed by atoms with Crippen LogP contribution in [0.4, 0.5) is 5.69 Å². The first-order valence-corrected chi connectivity index (χ1v) is 8.18. The van der Waals surface area contributed by atoms with Crippen molar-refractivity contribution in [2.24, 2.45) is 11.7 Å². The molecule has 1 aromatic rings. The van der Waals surface area contributed by atoms with Gasteiger partial charge in [0.05, 0.1) is 16.7 Å². The fraction of sp³-hybridized carbons (Fsp3) is 0.600. The van der Waals surface area contributed by atoms with E-state index in [0.29, 0.717) is 17.5 Å². The van der Waals surface area contributed by atoms with Crippen molar-refractivity contribution in [3.05, 3.63) is 27.7 Å². The van der Waals surface area contributed by atoms with Gasteiger partial charge in [-0.1, -0.05) is 25.4 Å². The SMILES string of the molecule is CC(C)C1CC(CN)(Nc2ccc(Cl)c(Br)c2)CCO1. The summed E-state index contributed by atoms with van der Waals surface area (Å²) in [6, 6.07) is 5.88. The van der Waals surface area contributed by atoms with Crippen molar-refractivity contribution in [3.63, 3.8) is 0 Å². The van der Waals surface area contributed by atoms with Gasteiger partial charge in [-0.2, -0.15) is 0 Å². The highest BCUT2D eigenvalue weighted by molar-refractivity contribution is 9.10. The highest BCUT2D eigenvalue weighted by Gasteiger charge is 2.37. The summed E-state index contributed by atoms with van der Waals surface area (Å²) in [6.45, 7) is 5.73. The van der Waals surface area contributed by atoms with E-state index in [2.05, 4.69) is 35.1 Å². The topological polar surface area (TPSA) is 47.3 Å². The van der Waals surface area contributed by atoms with Crippen LogP contribution in [-0.2, 0) is 4.74 Å². The largest absolute Gasteiger partial charge is 0.378 e. The number of nitrogens with one attached hydrogen (secondary N) is 1. The molecular weight excluding hydrogens is 340 g/mol. The van der Waals surface area contributed by atoms with E-state index in [1.54, 1.807) is 0 Å². The Hall–Kier alpha value is -0.290. The summed E-state index contributed by atoms with van der Waals surface area (Å²) < 4.78 is 6.74. The number of rotatable bonds is 4. The third-order valence-corrected chi connectivity index (χ3v) is 5.18. The molecule has 5 heteroatoms. The first-order chi connectivity index (χ1) is 9.46. The summed E-state index contributed by atoms with van der Waals surface area (Å²) in [5, 5.41) is 4.32. The molecule has 0 amide bonds. The number of hydrogen-bond donors (Lipinski definition) is 2. The Morgan fingerprint density at radius 3 is 2.90 bits per heavy atom. The summed E-state index contributed by atoms with van der Waals surface area (Å²) >= 11 is 9.49. The Labute approximate surface area is 134 Å². The molecule has 2 unspecified atom stereocenters. The van der Waals surface area contributed by atoms with Crippen molar-refractivity contribution < 1.29 is 4.74 Å². The van der Waals surface area contributed by atoms with E-state index in [1.165, 1.54) is 0 Å². The summed E-state index contributed by atoms with van der Waals surface area (Å²) in [4.78, 5) is 0. The van der Waals surface area contributed by atoms with Crippen molar-refractivity contribution >= 4 is 33.2 Å². The van der Waals surface area contributed by atoms with E-state index in [1.807, 2.05) is 18.2 Å². The van der Waals surface area contributed by atoms with Gasteiger partial charge < -0.3 is 15.8 Å². The second-order valence-corrected chi connectivity index (χ2v) is 7.11. The molecule has 3 nitrogen and oxygen atoms in total. The molecule has 0 spiro atoms. The molecule has 1 aromatic carbocycles. The molecule has 20 heavy (non-hydrogen) atoms. The maximum atomic E-state index is 6.06. The van der Waals surface area contributed by atoms with Gasteiger partial charge >= 0.3 is 0 Å². The smallest absolute Gasteiger partial charge is 0.0620 e. The van der Waals surface area contributed by atoms with Gasteiger partial charge in [-0.15, -0.1) is 0 Å². The van der Waals surface area contributed by atoms with Gasteiger partial charge in [-0.3, -0.25) is 0 Å². The number of nitrogens with two attached hydrogens (primary N) is 1. The molecule has 3 N–H and O–H groups in total. The van der Waals surface area contributed by atoms with E-state index in [0.717, 1.165) is 29.6 Å². The van der Waals surface area contributed by atoms with Crippen LogP contribution < -0.4 is 11.1 Å². The first kappa shape index (κ1) is 16.1. The van der Waals surface area contributed by atoms with Crippen LogP contribution in [0.1, 0.15) is 26.7 Å². The molecule has 2 rings (SSSR count).